The fourth-order valence-corrected chi connectivity index (χ4v) is 8.15. The lowest BCUT2D eigenvalue weighted by atomic mass is 9.45. The minimum Gasteiger partial charge on any atom is -0.463 e. The quantitative estimate of drug-likeness (QED) is 0.577. The fraction of sp³-hybridized carbons (Fsp3) is 0.679. The van der Waals surface area contributed by atoms with Crippen LogP contribution in [-0.4, -0.2) is 29.9 Å². The molecule has 4 saturated carbocycles. The molecule has 0 N–H and O–H groups in total. The lowest BCUT2D eigenvalue weighted by molar-refractivity contribution is -0.168. The molecule has 0 aliphatic heterocycles. The number of benzene rings is 1. The highest BCUT2D eigenvalue weighted by molar-refractivity contribution is 5.89. The van der Waals surface area contributed by atoms with Crippen LogP contribution in [0, 0.1) is 34.5 Å². The zero-order chi connectivity index (χ0) is 23.4. The van der Waals surface area contributed by atoms with Crippen LogP contribution >= 0.6 is 0 Å². The molecule has 4 fully saturated rings. The van der Waals surface area contributed by atoms with Crippen LogP contribution < -0.4 is 0 Å². The van der Waals surface area contributed by atoms with E-state index in [1.807, 2.05) is 18.2 Å². The van der Waals surface area contributed by atoms with Crippen molar-refractivity contribution in [2.45, 2.75) is 84.3 Å². The van der Waals surface area contributed by atoms with E-state index in [9.17, 15) is 14.4 Å². The lowest BCUT2D eigenvalue weighted by Crippen LogP contribution is -2.58. The highest BCUT2D eigenvalue weighted by Gasteiger charge is 2.63. The predicted molar refractivity (Wildman–Crippen MR) is 123 cm³/mol. The molecule has 1 aromatic carbocycles. The van der Waals surface area contributed by atoms with Gasteiger partial charge < -0.3 is 9.47 Å². The first-order valence-electron chi connectivity index (χ1n) is 12.7. The second-order valence-corrected chi connectivity index (χ2v) is 11.5. The van der Waals surface area contributed by atoms with Crippen LogP contribution in [0.4, 0.5) is 0 Å². The van der Waals surface area contributed by atoms with E-state index >= 15 is 0 Å². The Balaban J connectivity index is 1.34. The summed E-state index contributed by atoms with van der Waals surface area (Å²) in [7, 11) is 0. The van der Waals surface area contributed by atoms with Crippen molar-refractivity contribution < 1.29 is 23.9 Å². The van der Waals surface area contributed by atoms with E-state index in [1.54, 1.807) is 12.1 Å². The molecule has 0 saturated heterocycles. The van der Waals surface area contributed by atoms with Gasteiger partial charge in [0.05, 0.1) is 5.56 Å². The number of ether oxygens (including phenoxy) is 2. The van der Waals surface area contributed by atoms with Gasteiger partial charge in [-0.15, -0.1) is 0 Å². The van der Waals surface area contributed by atoms with Crippen LogP contribution in [0.15, 0.2) is 30.3 Å². The summed E-state index contributed by atoms with van der Waals surface area (Å²) in [6.07, 6.45) is 6.92. The van der Waals surface area contributed by atoms with Crippen molar-refractivity contribution >= 4 is 17.7 Å². The smallest absolute Gasteiger partial charge is 0.338 e. The number of carbonyl (C=O) groups excluding carboxylic acids is 3. The summed E-state index contributed by atoms with van der Waals surface area (Å²) in [5.74, 6) is 0.925. The maximum Gasteiger partial charge on any atom is 0.338 e. The summed E-state index contributed by atoms with van der Waals surface area (Å²) in [5.41, 5.74) is 0.571. The first kappa shape index (κ1) is 22.6. The van der Waals surface area contributed by atoms with Crippen molar-refractivity contribution in [1.29, 1.82) is 0 Å². The minimum atomic E-state index is -0.254. The third kappa shape index (κ3) is 3.72. The SMILES string of the molecule is CC(=O)O[C@H]1CC[C@@]2(C)[C@@H](CC(=O)[C@H]3[C@H]2CC[C@@]2(C)[C@@H](OC(=O)c4ccccc4)CC[C@H]32)C1. The maximum atomic E-state index is 13.6. The molecule has 0 amide bonds. The van der Waals surface area contributed by atoms with Crippen molar-refractivity contribution in [2.75, 3.05) is 0 Å². The topological polar surface area (TPSA) is 69.7 Å². The fourth-order valence-electron chi connectivity index (χ4n) is 8.15. The number of rotatable bonds is 3. The summed E-state index contributed by atoms with van der Waals surface area (Å²) in [6.45, 7) is 6.11. The van der Waals surface area contributed by atoms with E-state index in [4.69, 9.17) is 9.47 Å². The molecule has 178 valence electrons. The molecule has 1 aromatic rings. The normalized spacial score (nSPS) is 42.0. The molecule has 0 spiro atoms. The number of Topliss-reactive ketones (excluding diaryl/α,β-unsaturated/α-hetero) is 1. The van der Waals surface area contributed by atoms with Gasteiger partial charge in [-0.3, -0.25) is 9.59 Å². The summed E-state index contributed by atoms with van der Waals surface area (Å²) in [5, 5.41) is 0. The van der Waals surface area contributed by atoms with Crippen molar-refractivity contribution in [3.05, 3.63) is 35.9 Å². The van der Waals surface area contributed by atoms with E-state index in [-0.39, 0.29) is 46.8 Å². The number of fused-ring (bicyclic) bond motifs is 5. The van der Waals surface area contributed by atoms with E-state index in [2.05, 4.69) is 13.8 Å². The van der Waals surface area contributed by atoms with Gasteiger partial charge in [-0.05, 0) is 80.2 Å². The number of hydrogen-bond donors (Lipinski definition) is 0. The van der Waals surface area contributed by atoms with Crippen molar-refractivity contribution in [1.82, 2.24) is 0 Å². The summed E-state index contributed by atoms with van der Waals surface area (Å²) in [4.78, 5) is 37.8. The molecule has 4 aliphatic rings. The van der Waals surface area contributed by atoms with Gasteiger partial charge in [-0.25, -0.2) is 4.79 Å². The third-order valence-electron chi connectivity index (χ3n) is 9.93. The Bertz CT molecular complexity index is 941. The third-order valence-corrected chi connectivity index (χ3v) is 9.93. The number of esters is 2. The molecule has 0 bridgehead atoms. The molecule has 0 radical (unpaired) electrons. The van der Waals surface area contributed by atoms with Crippen LogP contribution in [0.3, 0.4) is 0 Å². The molecule has 4 aliphatic carbocycles. The van der Waals surface area contributed by atoms with Crippen LogP contribution in [0.25, 0.3) is 0 Å². The molecule has 8 atom stereocenters. The average Bonchev–Trinajstić information content (AvgIpc) is 3.11. The molecule has 5 nitrogen and oxygen atoms in total. The Morgan fingerprint density at radius 2 is 1.61 bits per heavy atom. The van der Waals surface area contributed by atoms with Gasteiger partial charge in [0.15, 0.2) is 0 Å². The first-order chi connectivity index (χ1) is 15.7. The van der Waals surface area contributed by atoms with Crippen molar-refractivity contribution in [2.24, 2.45) is 34.5 Å². The Morgan fingerprint density at radius 1 is 0.909 bits per heavy atom. The highest BCUT2D eigenvalue weighted by Crippen LogP contribution is 2.65. The Morgan fingerprint density at radius 3 is 2.33 bits per heavy atom. The van der Waals surface area contributed by atoms with Crippen LogP contribution in [-0.2, 0) is 19.1 Å². The second kappa shape index (κ2) is 8.25. The van der Waals surface area contributed by atoms with E-state index < -0.39 is 0 Å². The Labute approximate surface area is 196 Å². The van der Waals surface area contributed by atoms with Crippen LogP contribution in [0.2, 0.25) is 0 Å². The zero-order valence-corrected chi connectivity index (χ0v) is 20.0. The van der Waals surface area contributed by atoms with Gasteiger partial charge >= 0.3 is 11.9 Å². The molecular formula is C28H36O5. The summed E-state index contributed by atoms with van der Waals surface area (Å²) in [6, 6.07) is 9.20. The molecule has 5 heteroatoms. The Hall–Kier alpha value is -2.17. The minimum absolute atomic E-state index is 0.0490. The Kier molecular flexibility index (Phi) is 5.65. The molecular weight excluding hydrogens is 416 g/mol. The summed E-state index contributed by atoms with van der Waals surface area (Å²) < 4.78 is 11.6. The maximum absolute atomic E-state index is 13.6. The summed E-state index contributed by atoms with van der Waals surface area (Å²) >= 11 is 0. The van der Waals surface area contributed by atoms with Gasteiger partial charge in [-0.2, -0.15) is 0 Å². The van der Waals surface area contributed by atoms with Gasteiger partial charge in [0.25, 0.3) is 0 Å². The zero-order valence-electron chi connectivity index (χ0n) is 20.0. The van der Waals surface area contributed by atoms with Crippen molar-refractivity contribution in [3.8, 4) is 0 Å². The number of ketones is 1. The highest BCUT2D eigenvalue weighted by atomic mass is 16.5. The van der Waals surface area contributed by atoms with Gasteiger partial charge in [0.2, 0.25) is 0 Å². The van der Waals surface area contributed by atoms with Gasteiger partial charge in [0, 0.05) is 24.7 Å². The molecule has 5 rings (SSSR count). The van der Waals surface area contributed by atoms with Gasteiger partial charge in [-0.1, -0.05) is 32.0 Å². The largest absolute Gasteiger partial charge is 0.463 e. The monoisotopic (exact) mass is 452 g/mol. The molecule has 33 heavy (non-hydrogen) atoms. The van der Waals surface area contributed by atoms with E-state index in [1.165, 1.54) is 6.92 Å². The van der Waals surface area contributed by atoms with E-state index in [0.29, 0.717) is 29.6 Å². The molecule has 0 heterocycles. The van der Waals surface area contributed by atoms with Crippen LogP contribution in [0.1, 0.15) is 82.5 Å². The number of carbonyl (C=O) groups is 3. The molecule has 0 unspecified atom stereocenters. The van der Waals surface area contributed by atoms with Crippen LogP contribution in [0.5, 0.6) is 0 Å². The van der Waals surface area contributed by atoms with E-state index in [0.717, 1.165) is 44.9 Å². The average molecular weight is 453 g/mol. The lowest BCUT2D eigenvalue weighted by Gasteiger charge is -2.59. The standard InChI is InChI=1S/C28H36O5/c1-17(29)32-20-11-13-27(2)19(15-20)16-23(30)25-21-9-10-24(28(21,3)14-12-22(25)27)33-26(31)18-7-5-4-6-8-18/h4-8,19-22,24-25H,9-16H2,1-3H3/t19-,20+,21-,22-,24+,25-,27+,28-/m1/s1. The molecule has 0 aromatic heterocycles. The second-order valence-electron chi connectivity index (χ2n) is 11.5. The first-order valence-corrected chi connectivity index (χ1v) is 12.7. The number of hydrogen-bond acceptors (Lipinski definition) is 5. The van der Waals surface area contributed by atoms with Gasteiger partial charge in [0.1, 0.15) is 18.0 Å². The predicted octanol–water partition coefficient (Wildman–Crippen LogP) is 5.37. The van der Waals surface area contributed by atoms with Crippen molar-refractivity contribution in [3.63, 3.8) is 0 Å².